The van der Waals surface area contributed by atoms with Gasteiger partial charge in [-0.15, -0.1) is 0 Å². The molecule has 1 saturated carbocycles. The second kappa shape index (κ2) is 7.55. The summed E-state index contributed by atoms with van der Waals surface area (Å²) < 4.78 is 6.15. The van der Waals surface area contributed by atoms with E-state index in [1.807, 2.05) is 30.3 Å². The lowest BCUT2D eigenvalue weighted by atomic mass is 9.92. The third-order valence-electron chi connectivity index (χ3n) is 5.02. The molecular weight excluding hydrogens is 344 g/mol. The molecule has 1 aromatic heterocycles. The van der Waals surface area contributed by atoms with E-state index in [2.05, 4.69) is 36.5 Å². The first-order valence-electron chi connectivity index (χ1n) is 9.22. The number of para-hydroxylation sites is 1. The van der Waals surface area contributed by atoms with E-state index in [1.165, 1.54) is 10.9 Å². The van der Waals surface area contributed by atoms with Crippen LogP contribution in [-0.2, 0) is 0 Å². The maximum absolute atomic E-state index is 6.15. The summed E-state index contributed by atoms with van der Waals surface area (Å²) in [5.74, 6) is 1.85. The van der Waals surface area contributed by atoms with Gasteiger partial charge in [0, 0.05) is 22.9 Å². The lowest BCUT2D eigenvalue weighted by molar-refractivity contribution is 0.148. The SMILES string of the molecule is Cc1cc(NC2CCCC(Oc3ccc(Cl)cc3)C2)nc2ccccc12. The molecule has 3 nitrogen and oxygen atoms in total. The lowest BCUT2D eigenvalue weighted by Crippen LogP contribution is -2.33. The highest BCUT2D eigenvalue weighted by molar-refractivity contribution is 6.30. The van der Waals surface area contributed by atoms with Crippen LogP contribution in [0.4, 0.5) is 5.82 Å². The number of aromatic nitrogens is 1. The molecule has 0 radical (unpaired) electrons. The van der Waals surface area contributed by atoms with Gasteiger partial charge in [-0.25, -0.2) is 4.98 Å². The number of rotatable bonds is 4. The highest BCUT2D eigenvalue weighted by Gasteiger charge is 2.23. The fourth-order valence-corrected chi connectivity index (χ4v) is 3.85. The molecule has 1 heterocycles. The number of nitrogens with zero attached hydrogens (tertiary/aromatic N) is 1. The number of nitrogens with one attached hydrogen (secondary N) is 1. The number of ether oxygens (including phenoxy) is 1. The van der Waals surface area contributed by atoms with E-state index in [-0.39, 0.29) is 6.10 Å². The largest absolute Gasteiger partial charge is 0.490 e. The van der Waals surface area contributed by atoms with Gasteiger partial charge < -0.3 is 10.1 Å². The van der Waals surface area contributed by atoms with Gasteiger partial charge in [-0.2, -0.15) is 0 Å². The molecule has 0 amide bonds. The summed E-state index contributed by atoms with van der Waals surface area (Å²) in [5.41, 5.74) is 2.29. The minimum absolute atomic E-state index is 0.226. The van der Waals surface area contributed by atoms with Crippen molar-refractivity contribution in [1.82, 2.24) is 4.98 Å². The average Bonchev–Trinajstić information content (AvgIpc) is 2.64. The average molecular weight is 367 g/mol. The molecule has 2 unspecified atom stereocenters. The van der Waals surface area contributed by atoms with Gasteiger partial charge in [0.25, 0.3) is 0 Å². The zero-order valence-corrected chi connectivity index (χ0v) is 15.7. The summed E-state index contributed by atoms with van der Waals surface area (Å²) in [5, 5.41) is 5.57. The smallest absolute Gasteiger partial charge is 0.127 e. The second-order valence-corrected chi connectivity index (χ2v) is 7.48. The van der Waals surface area contributed by atoms with Crippen molar-refractivity contribution in [2.45, 2.75) is 44.8 Å². The van der Waals surface area contributed by atoms with E-state index in [1.54, 1.807) is 0 Å². The molecular formula is C22H23ClN2O. The Labute approximate surface area is 159 Å². The van der Waals surface area contributed by atoms with E-state index in [0.29, 0.717) is 6.04 Å². The first-order chi connectivity index (χ1) is 12.7. The Bertz CT molecular complexity index is 894. The van der Waals surface area contributed by atoms with Gasteiger partial charge >= 0.3 is 0 Å². The molecule has 1 aliphatic carbocycles. The van der Waals surface area contributed by atoms with E-state index in [0.717, 1.165) is 47.8 Å². The molecule has 134 valence electrons. The maximum atomic E-state index is 6.15. The number of halogens is 1. The molecule has 0 bridgehead atoms. The number of benzene rings is 2. The minimum Gasteiger partial charge on any atom is -0.490 e. The Morgan fingerprint density at radius 1 is 1.08 bits per heavy atom. The van der Waals surface area contributed by atoms with Gasteiger partial charge in [0.05, 0.1) is 5.52 Å². The van der Waals surface area contributed by atoms with Crippen molar-refractivity contribution >= 4 is 28.3 Å². The molecule has 3 aromatic rings. The molecule has 1 fully saturated rings. The first-order valence-corrected chi connectivity index (χ1v) is 9.60. The summed E-state index contributed by atoms with van der Waals surface area (Å²) in [6.07, 6.45) is 4.60. The van der Waals surface area contributed by atoms with Crippen molar-refractivity contribution in [3.63, 3.8) is 0 Å². The molecule has 1 N–H and O–H groups in total. The minimum atomic E-state index is 0.226. The van der Waals surface area contributed by atoms with Crippen LogP contribution >= 0.6 is 11.6 Å². The number of anilines is 1. The standard InChI is InChI=1S/C22H23ClN2O/c1-15-13-22(25-21-8-3-2-7-20(15)21)24-17-5-4-6-19(14-17)26-18-11-9-16(23)10-12-18/h2-3,7-13,17,19H,4-6,14H2,1H3,(H,24,25). The van der Waals surface area contributed by atoms with Crippen molar-refractivity contribution in [3.8, 4) is 5.75 Å². The van der Waals surface area contributed by atoms with Gasteiger partial charge in [-0.3, -0.25) is 0 Å². The third kappa shape index (κ3) is 3.94. The predicted molar refractivity (Wildman–Crippen MR) is 108 cm³/mol. The summed E-state index contributed by atoms with van der Waals surface area (Å²) >= 11 is 5.95. The molecule has 4 rings (SSSR count). The van der Waals surface area contributed by atoms with Crippen LogP contribution in [0.5, 0.6) is 5.75 Å². The van der Waals surface area contributed by atoms with E-state index < -0.39 is 0 Å². The summed E-state index contributed by atoms with van der Waals surface area (Å²) in [4.78, 5) is 4.78. The van der Waals surface area contributed by atoms with Crippen LogP contribution in [-0.4, -0.2) is 17.1 Å². The van der Waals surface area contributed by atoms with Crippen LogP contribution in [0.3, 0.4) is 0 Å². The highest BCUT2D eigenvalue weighted by Crippen LogP contribution is 2.27. The van der Waals surface area contributed by atoms with Crippen molar-refractivity contribution < 1.29 is 4.74 Å². The van der Waals surface area contributed by atoms with Crippen LogP contribution in [0.1, 0.15) is 31.2 Å². The van der Waals surface area contributed by atoms with Crippen LogP contribution in [0.25, 0.3) is 10.9 Å². The Morgan fingerprint density at radius 2 is 1.88 bits per heavy atom. The Hall–Kier alpha value is -2.26. The molecule has 1 aliphatic rings. The van der Waals surface area contributed by atoms with Gasteiger partial charge in [0.2, 0.25) is 0 Å². The van der Waals surface area contributed by atoms with Crippen LogP contribution in [0.2, 0.25) is 5.02 Å². The van der Waals surface area contributed by atoms with Gasteiger partial charge in [0.15, 0.2) is 0 Å². The predicted octanol–water partition coefficient (Wildman–Crippen LogP) is 6.00. The molecule has 0 aliphatic heterocycles. The fourth-order valence-electron chi connectivity index (χ4n) is 3.72. The summed E-state index contributed by atoms with van der Waals surface area (Å²) in [7, 11) is 0. The molecule has 26 heavy (non-hydrogen) atoms. The van der Waals surface area contributed by atoms with Crippen LogP contribution < -0.4 is 10.1 Å². The topological polar surface area (TPSA) is 34.1 Å². The van der Waals surface area contributed by atoms with Gasteiger partial charge in [0.1, 0.15) is 17.7 Å². The third-order valence-corrected chi connectivity index (χ3v) is 5.27. The van der Waals surface area contributed by atoms with E-state index in [4.69, 9.17) is 21.3 Å². The summed E-state index contributed by atoms with van der Waals surface area (Å²) in [6, 6.07) is 18.4. The maximum Gasteiger partial charge on any atom is 0.127 e. The Balaban J connectivity index is 1.44. The van der Waals surface area contributed by atoms with E-state index in [9.17, 15) is 0 Å². The summed E-state index contributed by atoms with van der Waals surface area (Å²) in [6.45, 7) is 2.14. The zero-order chi connectivity index (χ0) is 17.9. The van der Waals surface area contributed by atoms with Crippen molar-refractivity contribution in [1.29, 1.82) is 0 Å². The number of hydrogen-bond acceptors (Lipinski definition) is 3. The quantitative estimate of drug-likeness (QED) is 0.615. The fraction of sp³-hybridized carbons (Fsp3) is 0.318. The van der Waals surface area contributed by atoms with Crippen molar-refractivity contribution in [2.75, 3.05) is 5.32 Å². The zero-order valence-electron chi connectivity index (χ0n) is 14.9. The Morgan fingerprint density at radius 3 is 2.73 bits per heavy atom. The number of pyridine rings is 1. The lowest BCUT2D eigenvalue weighted by Gasteiger charge is -2.30. The number of fused-ring (bicyclic) bond motifs is 1. The molecule has 0 spiro atoms. The second-order valence-electron chi connectivity index (χ2n) is 7.04. The highest BCUT2D eigenvalue weighted by atomic mass is 35.5. The monoisotopic (exact) mass is 366 g/mol. The molecule has 2 aromatic carbocycles. The van der Waals surface area contributed by atoms with Crippen molar-refractivity contribution in [3.05, 3.63) is 65.2 Å². The Kier molecular flexibility index (Phi) is 4.98. The normalized spacial score (nSPS) is 20.1. The number of aryl methyl sites for hydroxylation is 1. The van der Waals surface area contributed by atoms with E-state index >= 15 is 0 Å². The molecule has 0 saturated heterocycles. The van der Waals surface area contributed by atoms with Crippen molar-refractivity contribution in [2.24, 2.45) is 0 Å². The van der Waals surface area contributed by atoms with Gasteiger partial charge in [-0.05, 0) is 68.1 Å². The number of hydrogen-bond donors (Lipinski definition) is 1. The van der Waals surface area contributed by atoms with Crippen LogP contribution in [0, 0.1) is 6.92 Å². The van der Waals surface area contributed by atoms with Crippen LogP contribution in [0.15, 0.2) is 54.6 Å². The first kappa shape index (κ1) is 17.2. The molecule has 4 heteroatoms. The molecule has 2 atom stereocenters. The van der Waals surface area contributed by atoms with Gasteiger partial charge in [-0.1, -0.05) is 29.8 Å².